The number of aryl methyl sites for hydroxylation is 2. The maximum Gasteiger partial charge on any atom is 0.254 e. The molecular weight excluding hydrogens is 272 g/mol. The number of aromatic amines is 1. The third-order valence-electron chi connectivity index (χ3n) is 3.59. The SMILES string of the molecule is Cc1nc(C)c(CCC(=O)N2CCNC(=O)CC2)c(=O)[nH]1. The van der Waals surface area contributed by atoms with Crippen molar-refractivity contribution in [2.45, 2.75) is 33.1 Å². The summed E-state index contributed by atoms with van der Waals surface area (Å²) in [5.74, 6) is 0.510. The molecule has 0 saturated carbocycles. The predicted octanol–water partition coefficient (Wildman–Crippen LogP) is -0.332. The molecule has 0 radical (unpaired) electrons. The molecule has 2 rings (SSSR count). The Morgan fingerprint density at radius 1 is 1.29 bits per heavy atom. The zero-order valence-electron chi connectivity index (χ0n) is 12.4. The molecular formula is C14H20N4O3. The summed E-state index contributed by atoms with van der Waals surface area (Å²) in [6, 6.07) is 0. The summed E-state index contributed by atoms with van der Waals surface area (Å²) in [7, 11) is 0. The first kappa shape index (κ1) is 15.2. The van der Waals surface area contributed by atoms with E-state index >= 15 is 0 Å². The third kappa shape index (κ3) is 3.90. The van der Waals surface area contributed by atoms with E-state index in [1.54, 1.807) is 18.7 Å². The molecule has 0 atom stereocenters. The van der Waals surface area contributed by atoms with Gasteiger partial charge in [0.05, 0.1) is 0 Å². The molecule has 2 heterocycles. The van der Waals surface area contributed by atoms with Gasteiger partial charge < -0.3 is 15.2 Å². The van der Waals surface area contributed by atoms with Gasteiger partial charge in [0.2, 0.25) is 11.8 Å². The van der Waals surface area contributed by atoms with Crippen molar-refractivity contribution in [1.29, 1.82) is 0 Å². The highest BCUT2D eigenvalue weighted by Crippen LogP contribution is 2.06. The van der Waals surface area contributed by atoms with E-state index < -0.39 is 0 Å². The minimum atomic E-state index is -0.180. The second-order valence-electron chi connectivity index (χ2n) is 5.20. The minimum Gasteiger partial charge on any atom is -0.354 e. The van der Waals surface area contributed by atoms with Crippen molar-refractivity contribution >= 4 is 11.8 Å². The van der Waals surface area contributed by atoms with Gasteiger partial charge in [0.15, 0.2) is 0 Å². The Balaban J connectivity index is 1.98. The molecule has 0 spiro atoms. The van der Waals surface area contributed by atoms with Crippen molar-refractivity contribution in [3.8, 4) is 0 Å². The highest BCUT2D eigenvalue weighted by Gasteiger charge is 2.19. The first-order valence-electron chi connectivity index (χ1n) is 7.08. The van der Waals surface area contributed by atoms with E-state index in [1.165, 1.54) is 0 Å². The van der Waals surface area contributed by atoms with Crippen LogP contribution in [0.2, 0.25) is 0 Å². The molecule has 1 aromatic rings. The van der Waals surface area contributed by atoms with Gasteiger partial charge in [-0.2, -0.15) is 0 Å². The summed E-state index contributed by atoms with van der Waals surface area (Å²) in [6.07, 6.45) is 0.950. The van der Waals surface area contributed by atoms with Gasteiger partial charge in [0.25, 0.3) is 5.56 Å². The van der Waals surface area contributed by atoms with Crippen LogP contribution < -0.4 is 10.9 Å². The Bertz CT molecular complexity index is 609. The van der Waals surface area contributed by atoms with Gasteiger partial charge in [0.1, 0.15) is 5.82 Å². The largest absolute Gasteiger partial charge is 0.354 e. The lowest BCUT2D eigenvalue weighted by Gasteiger charge is -2.19. The fourth-order valence-electron chi connectivity index (χ4n) is 2.45. The maximum atomic E-state index is 12.2. The second kappa shape index (κ2) is 6.51. The van der Waals surface area contributed by atoms with Gasteiger partial charge in [-0.3, -0.25) is 14.4 Å². The van der Waals surface area contributed by atoms with E-state index in [9.17, 15) is 14.4 Å². The number of carbonyl (C=O) groups excluding carboxylic acids is 2. The highest BCUT2D eigenvalue weighted by atomic mass is 16.2. The van der Waals surface area contributed by atoms with Crippen molar-refractivity contribution in [2.24, 2.45) is 0 Å². The number of carbonyl (C=O) groups is 2. The number of H-pyrrole nitrogens is 1. The summed E-state index contributed by atoms with van der Waals surface area (Å²) in [5, 5.41) is 2.73. The molecule has 2 N–H and O–H groups in total. The van der Waals surface area contributed by atoms with E-state index in [1.807, 2.05) is 0 Å². The molecule has 1 saturated heterocycles. The van der Waals surface area contributed by atoms with Crippen molar-refractivity contribution in [3.05, 3.63) is 27.4 Å². The molecule has 1 aromatic heterocycles. The second-order valence-corrected chi connectivity index (χ2v) is 5.20. The Morgan fingerprint density at radius 3 is 2.76 bits per heavy atom. The molecule has 1 aliphatic rings. The fourth-order valence-corrected chi connectivity index (χ4v) is 2.45. The summed E-state index contributed by atoms with van der Waals surface area (Å²) >= 11 is 0. The number of aromatic nitrogens is 2. The minimum absolute atomic E-state index is 0.0275. The van der Waals surface area contributed by atoms with Crippen LogP contribution in [-0.4, -0.2) is 46.3 Å². The van der Waals surface area contributed by atoms with Gasteiger partial charge in [0, 0.05) is 43.7 Å². The average molecular weight is 292 g/mol. The zero-order valence-corrected chi connectivity index (χ0v) is 12.4. The highest BCUT2D eigenvalue weighted by molar-refractivity contribution is 5.80. The van der Waals surface area contributed by atoms with Crippen molar-refractivity contribution in [3.63, 3.8) is 0 Å². The van der Waals surface area contributed by atoms with Gasteiger partial charge in [-0.1, -0.05) is 0 Å². The molecule has 7 nitrogen and oxygen atoms in total. The molecule has 0 unspecified atom stereocenters. The predicted molar refractivity (Wildman–Crippen MR) is 76.9 cm³/mol. The van der Waals surface area contributed by atoms with Gasteiger partial charge in [-0.05, 0) is 20.3 Å². The van der Waals surface area contributed by atoms with Crippen molar-refractivity contribution < 1.29 is 9.59 Å². The van der Waals surface area contributed by atoms with Crippen LogP contribution in [0.3, 0.4) is 0 Å². The number of hydrogen-bond donors (Lipinski definition) is 2. The Kier molecular flexibility index (Phi) is 4.72. The van der Waals surface area contributed by atoms with E-state index in [2.05, 4.69) is 15.3 Å². The standard InChI is InChI=1S/C14H20N4O3/c1-9-11(14(21)17-10(2)16-9)3-4-13(20)18-7-5-12(19)15-6-8-18/h3-8H2,1-2H3,(H,15,19)(H,16,17,21). The lowest BCUT2D eigenvalue weighted by atomic mass is 10.1. The van der Waals surface area contributed by atoms with Gasteiger partial charge in [-0.25, -0.2) is 4.98 Å². The van der Waals surface area contributed by atoms with Crippen LogP contribution in [0.4, 0.5) is 0 Å². The van der Waals surface area contributed by atoms with Gasteiger partial charge in [-0.15, -0.1) is 0 Å². The smallest absolute Gasteiger partial charge is 0.254 e. The molecule has 0 aromatic carbocycles. The van der Waals surface area contributed by atoms with Crippen LogP contribution in [0.5, 0.6) is 0 Å². The lowest BCUT2D eigenvalue weighted by molar-refractivity contribution is -0.131. The van der Waals surface area contributed by atoms with Crippen LogP contribution in [0.25, 0.3) is 0 Å². The third-order valence-corrected chi connectivity index (χ3v) is 3.59. The molecule has 2 amide bonds. The summed E-state index contributed by atoms with van der Waals surface area (Å²) in [5.41, 5.74) is 1.04. The normalized spacial score (nSPS) is 15.5. The van der Waals surface area contributed by atoms with Crippen LogP contribution in [0, 0.1) is 13.8 Å². The Labute approximate surface area is 122 Å². The van der Waals surface area contributed by atoms with Crippen LogP contribution in [0.1, 0.15) is 29.9 Å². The average Bonchev–Trinajstić information content (AvgIpc) is 2.62. The van der Waals surface area contributed by atoms with Crippen LogP contribution >= 0.6 is 0 Å². The summed E-state index contributed by atoms with van der Waals surface area (Å²) < 4.78 is 0. The Morgan fingerprint density at radius 2 is 2.05 bits per heavy atom. The molecule has 114 valence electrons. The zero-order chi connectivity index (χ0) is 15.4. The van der Waals surface area contributed by atoms with Gasteiger partial charge >= 0.3 is 0 Å². The molecule has 0 aliphatic carbocycles. The molecule has 7 heteroatoms. The number of amides is 2. The summed E-state index contributed by atoms with van der Waals surface area (Å²) in [6.45, 7) is 4.94. The van der Waals surface area contributed by atoms with Crippen molar-refractivity contribution in [1.82, 2.24) is 20.2 Å². The maximum absolute atomic E-state index is 12.2. The van der Waals surface area contributed by atoms with E-state index in [0.29, 0.717) is 49.6 Å². The van der Waals surface area contributed by atoms with E-state index in [0.717, 1.165) is 0 Å². The lowest BCUT2D eigenvalue weighted by Crippen LogP contribution is -2.34. The Hall–Kier alpha value is -2.18. The first-order valence-corrected chi connectivity index (χ1v) is 7.08. The van der Waals surface area contributed by atoms with Crippen molar-refractivity contribution in [2.75, 3.05) is 19.6 Å². The topological polar surface area (TPSA) is 95.2 Å². The number of hydrogen-bond acceptors (Lipinski definition) is 4. The first-order chi connectivity index (χ1) is 9.97. The molecule has 1 aliphatic heterocycles. The van der Waals surface area contributed by atoms with Crippen LogP contribution in [-0.2, 0) is 16.0 Å². The summed E-state index contributed by atoms with van der Waals surface area (Å²) in [4.78, 5) is 43.8. The fraction of sp³-hybridized carbons (Fsp3) is 0.571. The monoisotopic (exact) mass is 292 g/mol. The molecule has 0 bridgehead atoms. The molecule has 21 heavy (non-hydrogen) atoms. The quantitative estimate of drug-likeness (QED) is 0.797. The van der Waals surface area contributed by atoms with E-state index in [-0.39, 0.29) is 23.8 Å². The number of nitrogens with zero attached hydrogens (tertiary/aromatic N) is 2. The number of nitrogens with one attached hydrogen (secondary N) is 2. The van der Waals surface area contributed by atoms with E-state index in [4.69, 9.17) is 0 Å². The number of rotatable bonds is 3. The molecule has 1 fully saturated rings. The van der Waals surface area contributed by atoms with Crippen LogP contribution in [0.15, 0.2) is 4.79 Å².